The van der Waals surface area contributed by atoms with Crippen LogP contribution in [0.3, 0.4) is 0 Å². The minimum Gasteiger partial charge on any atom is -0.317 e. The summed E-state index contributed by atoms with van der Waals surface area (Å²) in [6.07, 6.45) is 3.90. The Morgan fingerprint density at radius 2 is 2.19 bits per heavy atom. The molecule has 16 heavy (non-hydrogen) atoms. The predicted octanol–water partition coefficient (Wildman–Crippen LogP) is 1.26. The van der Waals surface area contributed by atoms with Crippen LogP contribution in [0.25, 0.3) is 0 Å². The molecule has 1 atom stereocenters. The maximum absolute atomic E-state index is 3.46. The highest BCUT2D eigenvalue weighted by Crippen LogP contribution is 2.14. The molecule has 0 saturated carbocycles. The fourth-order valence-corrected chi connectivity index (χ4v) is 2.48. The molecule has 1 saturated heterocycles. The number of nitrogens with one attached hydrogen (secondary N) is 1. The molecule has 0 spiro atoms. The van der Waals surface area contributed by atoms with Gasteiger partial charge in [-0.25, -0.2) is 0 Å². The largest absolute Gasteiger partial charge is 0.317 e. The number of hydrogen-bond acceptors (Lipinski definition) is 3. The summed E-state index contributed by atoms with van der Waals surface area (Å²) in [5.41, 5.74) is 0. The Morgan fingerprint density at radius 1 is 1.38 bits per heavy atom. The molecule has 1 N–H and O–H groups in total. The molecule has 1 heterocycles. The molecule has 3 heteroatoms. The van der Waals surface area contributed by atoms with E-state index in [-0.39, 0.29) is 0 Å². The Kier molecular flexibility index (Phi) is 7.01. The van der Waals surface area contributed by atoms with E-state index in [4.69, 9.17) is 0 Å². The number of nitrogens with zero attached hydrogens (tertiary/aromatic N) is 2. The van der Waals surface area contributed by atoms with Gasteiger partial charge in [0.15, 0.2) is 0 Å². The van der Waals surface area contributed by atoms with Crippen molar-refractivity contribution in [1.82, 2.24) is 15.1 Å². The van der Waals surface area contributed by atoms with Gasteiger partial charge in [-0.15, -0.1) is 0 Å². The zero-order chi connectivity index (χ0) is 11.8. The van der Waals surface area contributed by atoms with Crippen molar-refractivity contribution in [3.63, 3.8) is 0 Å². The molecule has 0 aliphatic carbocycles. The lowest BCUT2D eigenvalue weighted by atomic mass is 10.1. The van der Waals surface area contributed by atoms with Crippen molar-refractivity contribution in [2.45, 2.75) is 26.2 Å². The van der Waals surface area contributed by atoms with Gasteiger partial charge in [0.25, 0.3) is 0 Å². The Labute approximate surface area is 101 Å². The molecule has 0 radical (unpaired) electrons. The van der Waals surface area contributed by atoms with Crippen LogP contribution in [-0.2, 0) is 0 Å². The molecule has 0 aromatic carbocycles. The van der Waals surface area contributed by atoms with Crippen LogP contribution in [-0.4, -0.2) is 63.2 Å². The molecule has 3 nitrogen and oxygen atoms in total. The molecule has 1 rings (SSSR count). The van der Waals surface area contributed by atoms with E-state index < -0.39 is 0 Å². The van der Waals surface area contributed by atoms with E-state index in [2.05, 4.69) is 36.1 Å². The Balaban J connectivity index is 1.96. The SMILES string of the molecule is CCCNCCCN(C)CC1CCN(C)C1. The van der Waals surface area contributed by atoms with E-state index in [0.717, 1.165) is 12.5 Å². The fraction of sp³-hybridized carbons (Fsp3) is 1.00. The summed E-state index contributed by atoms with van der Waals surface area (Å²) >= 11 is 0. The van der Waals surface area contributed by atoms with Gasteiger partial charge in [-0.2, -0.15) is 0 Å². The summed E-state index contributed by atoms with van der Waals surface area (Å²) in [5, 5.41) is 3.46. The van der Waals surface area contributed by atoms with Gasteiger partial charge in [0.2, 0.25) is 0 Å². The van der Waals surface area contributed by atoms with Gasteiger partial charge in [0.05, 0.1) is 0 Å². The monoisotopic (exact) mass is 227 g/mol. The Bertz CT molecular complexity index is 173. The second-order valence-electron chi connectivity index (χ2n) is 5.28. The summed E-state index contributed by atoms with van der Waals surface area (Å²) in [4.78, 5) is 4.94. The lowest BCUT2D eigenvalue weighted by Gasteiger charge is -2.20. The third-order valence-corrected chi connectivity index (χ3v) is 3.38. The van der Waals surface area contributed by atoms with Crippen molar-refractivity contribution in [2.75, 3.05) is 53.4 Å². The highest BCUT2D eigenvalue weighted by atomic mass is 15.1. The molecule has 0 amide bonds. The van der Waals surface area contributed by atoms with Crippen LogP contribution >= 0.6 is 0 Å². The van der Waals surface area contributed by atoms with E-state index in [1.807, 2.05) is 0 Å². The molecule has 1 aliphatic heterocycles. The molecule has 1 fully saturated rings. The molecular formula is C13H29N3. The van der Waals surface area contributed by atoms with E-state index in [0.29, 0.717) is 0 Å². The second-order valence-corrected chi connectivity index (χ2v) is 5.28. The molecule has 1 aliphatic rings. The predicted molar refractivity (Wildman–Crippen MR) is 70.9 cm³/mol. The second kappa shape index (κ2) is 8.04. The van der Waals surface area contributed by atoms with E-state index >= 15 is 0 Å². The Hall–Kier alpha value is -0.120. The third kappa shape index (κ3) is 5.83. The van der Waals surface area contributed by atoms with Crippen molar-refractivity contribution in [2.24, 2.45) is 5.92 Å². The molecule has 0 aromatic heterocycles. The first-order chi connectivity index (χ1) is 7.72. The first-order valence-electron chi connectivity index (χ1n) is 6.80. The van der Waals surface area contributed by atoms with Gasteiger partial charge in [-0.1, -0.05) is 6.92 Å². The van der Waals surface area contributed by atoms with Crippen molar-refractivity contribution >= 4 is 0 Å². The molecule has 1 unspecified atom stereocenters. The van der Waals surface area contributed by atoms with Crippen molar-refractivity contribution < 1.29 is 0 Å². The van der Waals surface area contributed by atoms with Crippen LogP contribution in [0.5, 0.6) is 0 Å². The van der Waals surface area contributed by atoms with Gasteiger partial charge in [-0.3, -0.25) is 0 Å². The van der Waals surface area contributed by atoms with Gasteiger partial charge in [-0.05, 0) is 65.5 Å². The smallest absolute Gasteiger partial charge is 0.00193 e. The summed E-state index contributed by atoms with van der Waals surface area (Å²) in [6.45, 7) is 9.64. The van der Waals surface area contributed by atoms with Gasteiger partial charge >= 0.3 is 0 Å². The van der Waals surface area contributed by atoms with Crippen molar-refractivity contribution in [3.8, 4) is 0 Å². The zero-order valence-corrected chi connectivity index (χ0v) is 11.3. The lowest BCUT2D eigenvalue weighted by Crippen LogP contribution is -2.30. The summed E-state index contributed by atoms with van der Waals surface area (Å²) < 4.78 is 0. The first kappa shape index (κ1) is 13.9. The van der Waals surface area contributed by atoms with Crippen LogP contribution in [0, 0.1) is 5.92 Å². The topological polar surface area (TPSA) is 18.5 Å². The maximum Gasteiger partial charge on any atom is 0.00193 e. The van der Waals surface area contributed by atoms with E-state index in [9.17, 15) is 0 Å². The summed E-state index contributed by atoms with van der Waals surface area (Å²) in [6, 6.07) is 0. The van der Waals surface area contributed by atoms with Crippen LogP contribution < -0.4 is 5.32 Å². The van der Waals surface area contributed by atoms with Gasteiger partial charge in [0, 0.05) is 13.1 Å². The molecule has 0 aromatic rings. The van der Waals surface area contributed by atoms with Crippen molar-refractivity contribution in [3.05, 3.63) is 0 Å². The zero-order valence-electron chi connectivity index (χ0n) is 11.3. The lowest BCUT2D eigenvalue weighted by molar-refractivity contribution is 0.270. The van der Waals surface area contributed by atoms with Crippen LogP contribution in [0.4, 0.5) is 0 Å². The molecule has 0 bridgehead atoms. The standard InChI is InChI=1S/C13H29N3/c1-4-7-14-8-5-9-15(2)11-13-6-10-16(3)12-13/h13-14H,4-12H2,1-3H3. The van der Waals surface area contributed by atoms with E-state index in [1.165, 1.54) is 52.0 Å². The number of likely N-dealkylation sites (tertiary alicyclic amines) is 1. The van der Waals surface area contributed by atoms with Crippen LogP contribution in [0.1, 0.15) is 26.2 Å². The quantitative estimate of drug-likeness (QED) is 0.630. The molecule has 96 valence electrons. The van der Waals surface area contributed by atoms with Crippen LogP contribution in [0.2, 0.25) is 0 Å². The van der Waals surface area contributed by atoms with Gasteiger partial charge < -0.3 is 15.1 Å². The normalized spacial score (nSPS) is 22.1. The average molecular weight is 227 g/mol. The molecular weight excluding hydrogens is 198 g/mol. The first-order valence-corrected chi connectivity index (χ1v) is 6.80. The van der Waals surface area contributed by atoms with Crippen molar-refractivity contribution in [1.29, 1.82) is 0 Å². The summed E-state index contributed by atoms with van der Waals surface area (Å²) in [5.74, 6) is 0.901. The fourth-order valence-electron chi connectivity index (χ4n) is 2.48. The third-order valence-electron chi connectivity index (χ3n) is 3.38. The maximum atomic E-state index is 3.46. The highest BCUT2D eigenvalue weighted by molar-refractivity contribution is 4.75. The average Bonchev–Trinajstić information content (AvgIpc) is 2.63. The Morgan fingerprint density at radius 3 is 2.81 bits per heavy atom. The van der Waals surface area contributed by atoms with Gasteiger partial charge in [0.1, 0.15) is 0 Å². The summed E-state index contributed by atoms with van der Waals surface area (Å²) in [7, 11) is 4.49. The minimum absolute atomic E-state index is 0.901. The van der Waals surface area contributed by atoms with E-state index in [1.54, 1.807) is 0 Å². The van der Waals surface area contributed by atoms with Crippen LogP contribution in [0.15, 0.2) is 0 Å². The highest BCUT2D eigenvalue weighted by Gasteiger charge is 2.20. The number of rotatable bonds is 8. The minimum atomic E-state index is 0.901. The number of hydrogen-bond donors (Lipinski definition) is 1.